The molecule has 4 heteroatoms. The molecule has 2 heterocycles. The van der Waals surface area contributed by atoms with Crippen molar-refractivity contribution in [3.8, 4) is 0 Å². The fourth-order valence-electron chi connectivity index (χ4n) is 2.71. The number of carbonyl (C=O) groups excluding carboxylic acids is 1. The lowest BCUT2D eigenvalue weighted by atomic mass is 9.89. The van der Waals surface area contributed by atoms with Crippen LogP contribution in [0.4, 0.5) is 0 Å². The number of ether oxygens (including phenoxy) is 1. The Bertz CT molecular complexity index is 269. The second kappa shape index (κ2) is 5.36. The van der Waals surface area contributed by atoms with E-state index in [0.29, 0.717) is 0 Å². The standard InChI is InChI=1S/C13H24N2O2/c1-10(11-6-5-9-17-11)15-12(16)13(2)7-3-4-8-14-13/h10-11,14H,3-9H2,1-2H3,(H,15,16). The van der Waals surface area contributed by atoms with Gasteiger partial charge in [0.25, 0.3) is 0 Å². The van der Waals surface area contributed by atoms with E-state index in [1.807, 2.05) is 13.8 Å². The Morgan fingerprint density at radius 2 is 2.29 bits per heavy atom. The largest absolute Gasteiger partial charge is 0.376 e. The molecule has 0 aromatic carbocycles. The first-order valence-corrected chi connectivity index (χ1v) is 6.79. The zero-order valence-corrected chi connectivity index (χ0v) is 10.9. The third-order valence-electron chi connectivity index (χ3n) is 4.00. The van der Waals surface area contributed by atoms with E-state index in [4.69, 9.17) is 4.74 Å². The third-order valence-corrected chi connectivity index (χ3v) is 4.00. The second-order valence-corrected chi connectivity index (χ2v) is 5.53. The van der Waals surface area contributed by atoms with Crippen molar-refractivity contribution in [3.05, 3.63) is 0 Å². The monoisotopic (exact) mass is 240 g/mol. The van der Waals surface area contributed by atoms with Gasteiger partial charge in [0.05, 0.1) is 17.7 Å². The first kappa shape index (κ1) is 12.8. The van der Waals surface area contributed by atoms with Crippen LogP contribution in [0.3, 0.4) is 0 Å². The molecule has 3 atom stereocenters. The number of hydrogen-bond acceptors (Lipinski definition) is 3. The van der Waals surface area contributed by atoms with Crippen molar-refractivity contribution in [2.75, 3.05) is 13.2 Å². The average Bonchev–Trinajstić information content (AvgIpc) is 2.83. The highest BCUT2D eigenvalue weighted by Gasteiger charge is 2.36. The highest BCUT2D eigenvalue weighted by Crippen LogP contribution is 2.20. The number of carbonyl (C=O) groups is 1. The minimum atomic E-state index is -0.384. The number of nitrogens with one attached hydrogen (secondary N) is 2. The van der Waals surface area contributed by atoms with E-state index in [2.05, 4.69) is 10.6 Å². The molecule has 3 unspecified atom stereocenters. The van der Waals surface area contributed by atoms with Crippen LogP contribution in [-0.2, 0) is 9.53 Å². The molecule has 0 bridgehead atoms. The van der Waals surface area contributed by atoms with Crippen LogP contribution in [-0.4, -0.2) is 36.7 Å². The van der Waals surface area contributed by atoms with Crippen molar-refractivity contribution in [1.82, 2.24) is 10.6 Å². The molecule has 2 aliphatic heterocycles. The lowest BCUT2D eigenvalue weighted by molar-refractivity contribution is -0.129. The van der Waals surface area contributed by atoms with Gasteiger partial charge < -0.3 is 15.4 Å². The van der Waals surface area contributed by atoms with Gasteiger partial charge in [0, 0.05) is 6.61 Å². The summed E-state index contributed by atoms with van der Waals surface area (Å²) in [6, 6.07) is 0.116. The molecule has 4 nitrogen and oxygen atoms in total. The molecule has 0 saturated carbocycles. The molecule has 17 heavy (non-hydrogen) atoms. The first-order chi connectivity index (χ1) is 8.12. The highest BCUT2D eigenvalue weighted by atomic mass is 16.5. The van der Waals surface area contributed by atoms with Crippen LogP contribution in [0.1, 0.15) is 46.0 Å². The molecular weight excluding hydrogens is 216 g/mol. The van der Waals surface area contributed by atoms with E-state index in [1.165, 1.54) is 6.42 Å². The summed E-state index contributed by atoms with van der Waals surface area (Å²) >= 11 is 0. The van der Waals surface area contributed by atoms with Gasteiger partial charge in [-0.3, -0.25) is 4.79 Å². The van der Waals surface area contributed by atoms with Crippen LogP contribution in [0.15, 0.2) is 0 Å². The molecule has 0 aliphatic carbocycles. The van der Waals surface area contributed by atoms with E-state index < -0.39 is 0 Å². The SMILES string of the molecule is CC(NC(=O)C1(C)CCCCN1)C1CCCO1. The van der Waals surface area contributed by atoms with Gasteiger partial charge in [-0.2, -0.15) is 0 Å². The number of hydrogen-bond donors (Lipinski definition) is 2. The Balaban J connectivity index is 1.86. The van der Waals surface area contributed by atoms with Gasteiger partial charge in [-0.1, -0.05) is 0 Å². The van der Waals surface area contributed by atoms with Crippen molar-refractivity contribution < 1.29 is 9.53 Å². The second-order valence-electron chi connectivity index (χ2n) is 5.53. The fourth-order valence-corrected chi connectivity index (χ4v) is 2.71. The maximum atomic E-state index is 12.3. The Morgan fingerprint density at radius 3 is 2.88 bits per heavy atom. The normalized spacial score (nSPS) is 35.5. The molecule has 0 spiro atoms. The van der Waals surface area contributed by atoms with Gasteiger partial charge in [-0.15, -0.1) is 0 Å². The topological polar surface area (TPSA) is 50.4 Å². The van der Waals surface area contributed by atoms with Crippen molar-refractivity contribution in [1.29, 1.82) is 0 Å². The molecular formula is C13H24N2O2. The molecule has 2 aliphatic rings. The van der Waals surface area contributed by atoms with Crippen LogP contribution in [0.2, 0.25) is 0 Å². The predicted molar refractivity (Wildman–Crippen MR) is 66.8 cm³/mol. The molecule has 0 radical (unpaired) electrons. The molecule has 2 fully saturated rings. The minimum absolute atomic E-state index is 0.116. The van der Waals surface area contributed by atoms with Crippen LogP contribution < -0.4 is 10.6 Å². The molecule has 2 rings (SSSR count). The van der Waals surface area contributed by atoms with Crippen molar-refractivity contribution in [2.24, 2.45) is 0 Å². The van der Waals surface area contributed by atoms with Crippen molar-refractivity contribution in [2.45, 2.75) is 63.6 Å². The summed E-state index contributed by atoms with van der Waals surface area (Å²) in [5.41, 5.74) is -0.384. The molecule has 2 N–H and O–H groups in total. The van der Waals surface area contributed by atoms with Gasteiger partial charge in [0.2, 0.25) is 5.91 Å². The smallest absolute Gasteiger partial charge is 0.240 e. The lowest BCUT2D eigenvalue weighted by Crippen LogP contribution is -2.59. The summed E-state index contributed by atoms with van der Waals surface area (Å²) < 4.78 is 5.60. The molecule has 2 saturated heterocycles. The Kier molecular flexibility index (Phi) is 4.05. The summed E-state index contributed by atoms with van der Waals surface area (Å²) in [5.74, 6) is 0.125. The lowest BCUT2D eigenvalue weighted by Gasteiger charge is -2.35. The van der Waals surface area contributed by atoms with E-state index in [1.54, 1.807) is 0 Å². The Hall–Kier alpha value is -0.610. The first-order valence-electron chi connectivity index (χ1n) is 6.79. The summed E-state index contributed by atoms with van der Waals surface area (Å²) in [4.78, 5) is 12.3. The van der Waals surface area contributed by atoms with E-state index in [9.17, 15) is 4.79 Å². The van der Waals surface area contributed by atoms with Gasteiger partial charge in [-0.05, 0) is 52.5 Å². The zero-order chi connectivity index (χ0) is 12.3. The Labute approximate surface area is 103 Å². The van der Waals surface area contributed by atoms with Gasteiger partial charge in [0.1, 0.15) is 0 Å². The maximum absolute atomic E-state index is 12.3. The van der Waals surface area contributed by atoms with Gasteiger partial charge >= 0.3 is 0 Å². The van der Waals surface area contributed by atoms with Crippen LogP contribution in [0.25, 0.3) is 0 Å². The van der Waals surface area contributed by atoms with E-state index in [-0.39, 0.29) is 23.6 Å². The molecule has 98 valence electrons. The summed E-state index contributed by atoms with van der Waals surface area (Å²) in [6.07, 6.45) is 5.60. The Morgan fingerprint density at radius 1 is 1.47 bits per heavy atom. The molecule has 0 aromatic heterocycles. The number of piperidine rings is 1. The van der Waals surface area contributed by atoms with Crippen LogP contribution >= 0.6 is 0 Å². The molecule has 0 aromatic rings. The van der Waals surface area contributed by atoms with Gasteiger partial charge in [-0.25, -0.2) is 0 Å². The summed E-state index contributed by atoms with van der Waals surface area (Å²) in [7, 11) is 0. The van der Waals surface area contributed by atoms with Crippen molar-refractivity contribution >= 4 is 5.91 Å². The average molecular weight is 240 g/mol. The molecule has 1 amide bonds. The van der Waals surface area contributed by atoms with E-state index >= 15 is 0 Å². The van der Waals surface area contributed by atoms with Crippen LogP contribution in [0.5, 0.6) is 0 Å². The third kappa shape index (κ3) is 2.99. The predicted octanol–water partition coefficient (Wildman–Crippen LogP) is 1.20. The summed E-state index contributed by atoms with van der Waals surface area (Å²) in [6.45, 7) is 5.82. The van der Waals surface area contributed by atoms with E-state index in [0.717, 1.165) is 38.8 Å². The highest BCUT2D eigenvalue weighted by molar-refractivity contribution is 5.86. The number of rotatable bonds is 3. The quantitative estimate of drug-likeness (QED) is 0.779. The van der Waals surface area contributed by atoms with Gasteiger partial charge in [0.15, 0.2) is 0 Å². The van der Waals surface area contributed by atoms with Crippen molar-refractivity contribution in [3.63, 3.8) is 0 Å². The number of amides is 1. The zero-order valence-electron chi connectivity index (χ0n) is 10.9. The summed E-state index contributed by atoms with van der Waals surface area (Å²) in [5, 5.41) is 6.44. The fraction of sp³-hybridized carbons (Fsp3) is 0.923. The van der Waals surface area contributed by atoms with Crippen LogP contribution in [0, 0.1) is 0 Å². The maximum Gasteiger partial charge on any atom is 0.240 e. The minimum Gasteiger partial charge on any atom is -0.376 e.